The summed E-state index contributed by atoms with van der Waals surface area (Å²) >= 11 is 0. The van der Waals surface area contributed by atoms with Gasteiger partial charge in [-0.25, -0.2) is 4.79 Å². The Morgan fingerprint density at radius 3 is 2.50 bits per heavy atom. The van der Waals surface area contributed by atoms with Crippen LogP contribution in [0.15, 0.2) is 48.5 Å². The van der Waals surface area contributed by atoms with Crippen LogP contribution in [-0.4, -0.2) is 24.3 Å². The van der Waals surface area contributed by atoms with Crippen LogP contribution in [0, 0.1) is 6.92 Å². The average molecular weight is 323 g/mol. The summed E-state index contributed by atoms with van der Waals surface area (Å²) in [6.07, 6.45) is 0. The van der Waals surface area contributed by atoms with Crippen molar-refractivity contribution in [3.05, 3.63) is 65.4 Å². The molecule has 0 saturated heterocycles. The number of carbonyl (C=O) groups excluding carboxylic acids is 1. The molecule has 2 aromatic carbocycles. The van der Waals surface area contributed by atoms with Crippen molar-refractivity contribution in [3.63, 3.8) is 0 Å². The van der Waals surface area contributed by atoms with Gasteiger partial charge in [-0.1, -0.05) is 23.8 Å². The van der Waals surface area contributed by atoms with Gasteiger partial charge in [-0.15, -0.1) is 0 Å². The number of methoxy groups -OCH3 is 1. The third kappa shape index (κ3) is 3.13. The first kappa shape index (κ1) is 16.1. The zero-order valence-corrected chi connectivity index (χ0v) is 14.2. The number of benzene rings is 2. The van der Waals surface area contributed by atoms with Crippen LogP contribution in [0.1, 0.15) is 28.5 Å². The van der Waals surface area contributed by atoms with Crippen LogP contribution in [0.3, 0.4) is 0 Å². The molecule has 0 unspecified atom stereocenters. The van der Waals surface area contributed by atoms with E-state index in [0.29, 0.717) is 18.8 Å². The second-order valence-corrected chi connectivity index (χ2v) is 5.75. The lowest BCUT2D eigenvalue weighted by atomic mass is 10.2. The minimum Gasteiger partial charge on any atom is -0.497 e. The van der Waals surface area contributed by atoms with Crippen molar-refractivity contribution in [2.75, 3.05) is 13.7 Å². The molecule has 4 heteroatoms. The highest BCUT2D eigenvalue weighted by molar-refractivity contribution is 5.96. The monoisotopic (exact) mass is 323 g/mol. The number of ether oxygens (including phenoxy) is 2. The molecule has 1 aromatic heterocycles. The first-order valence-corrected chi connectivity index (χ1v) is 8.02. The number of fused-ring (bicyclic) bond motifs is 1. The van der Waals surface area contributed by atoms with Crippen molar-refractivity contribution in [1.29, 1.82) is 0 Å². The predicted molar refractivity (Wildman–Crippen MR) is 94.7 cm³/mol. The van der Waals surface area contributed by atoms with E-state index in [1.54, 1.807) is 7.11 Å². The maximum Gasteiger partial charge on any atom is 0.354 e. The average Bonchev–Trinajstić information content (AvgIpc) is 2.93. The Kier molecular flexibility index (Phi) is 4.56. The van der Waals surface area contributed by atoms with Gasteiger partial charge in [0.25, 0.3) is 0 Å². The fourth-order valence-corrected chi connectivity index (χ4v) is 2.85. The number of carbonyl (C=O) groups is 1. The Labute approximate surface area is 141 Å². The molecule has 0 fully saturated rings. The van der Waals surface area contributed by atoms with Gasteiger partial charge in [0, 0.05) is 17.4 Å². The Balaban J connectivity index is 2.05. The highest BCUT2D eigenvalue weighted by Gasteiger charge is 2.17. The molecule has 24 heavy (non-hydrogen) atoms. The van der Waals surface area contributed by atoms with E-state index in [9.17, 15) is 4.79 Å². The Morgan fingerprint density at radius 2 is 1.83 bits per heavy atom. The number of rotatable bonds is 5. The summed E-state index contributed by atoms with van der Waals surface area (Å²) in [5.74, 6) is 0.525. The topological polar surface area (TPSA) is 40.5 Å². The summed E-state index contributed by atoms with van der Waals surface area (Å²) in [6.45, 7) is 4.83. The number of aromatic nitrogens is 1. The Morgan fingerprint density at radius 1 is 1.08 bits per heavy atom. The molecule has 0 aliphatic rings. The van der Waals surface area contributed by atoms with Gasteiger partial charge in [0.1, 0.15) is 11.4 Å². The number of hydrogen-bond acceptors (Lipinski definition) is 3. The lowest BCUT2D eigenvalue weighted by Gasteiger charge is -2.11. The zero-order valence-electron chi connectivity index (χ0n) is 14.2. The summed E-state index contributed by atoms with van der Waals surface area (Å²) in [6, 6.07) is 16.0. The molecule has 0 bridgehead atoms. The van der Waals surface area contributed by atoms with Crippen LogP contribution < -0.4 is 4.74 Å². The van der Waals surface area contributed by atoms with Gasteiger partial charge in [-0.2, -0.15) is 0 Å². The largest absolute Gasteiger partial charge is 0.497 e. The van der Waals surface area contributed by atoms with Gasteiger partial charge in [0.2, 0.25) is 0 Å². The molecule has 4 nitrogen and oxygen atoms in total. The second kappa shape index (κ2) is 6.79. The van der Waals surface area contributed by atoms with E-state index >= 15 is 0 Å². The molecule has 0 saturated carbocycles. The summed E-state index contributed by atoms with van der Waals surface area (Å²) in [4.78, 5) is 12.3. The smallest absolute Gasteiger partial charge is 0.354 e. The van der Waals surface area contributed by atoms with Crippen LogP contribution in [0.2, 0.25) is 0 Å². The lowest BCUT2D eigenvalue weighted by molar-refractivity contribution is 0.0515. The van der Waals surface area contributed by atoms with Gasteiger partial charge in [0.05, 0.1) is 13.7 Å². The molecule has 0 radical (unpaired) electrons. The number of hydrogen-bond donors (Lipinski definition) is 0. The molecule has 0 aliphatic heterocycles. The molecule has 3 rings (SSSR count). The van der Waals surface area contributed by atoms with Crippen molar-refractivity contribution in [2.45, 2.75) is 20.4 Å². The van der Waals surface area contributed by atoms with Gasteiger partial charge >= 0.3 is 5.97 Å². The summed E-state index contributed by atoms with van der Waals surface area (Å²) in [5.41, 5.74) is 3.87. The molecule has 0 N–H and O–H groups in total. The van der Waals surface area contributed by atoms with Crippen LogP contribution in [0.5, 0.6) is 5.75 Å². The highest BCUT2D eigenvalue weighted by atomic mass is 16.5. The van der Waals surface area contributed by atoms with E-state index in [2.05, 4.69) is 18.2 Å². The molecule has 0 spiro atoms. The zero-order chi connectivity index (χ0) is 17.1. The van der Waals surface area contributed by atoms with Crippen LogP contribution in [-0.2, 0) is 11.3 Å². The van der Waals surface area contributed by atoms with Gasteiger partial charge in [0.15, 0.2) is 0 Å². The van der Waals surface area contributed by atoms with E-state index in [4.69, 9.17) is 9.47 Å². The fourth-order valence-electron chi connectivity index (χ4n) is 2.85. The first-order valence-electron chi connectivity index (χ1n) is 8.02. The van der Waals surface area contributed by atoms with Crippen molar-refractivity contribution in [2.24, 2.45) is 0 Å². The summed E-state index contributed by atoms with van der Waals surface area (Å²) in [5, 5.41) is 1.05. The summed E-state index contributed by atoms with van der Waals surface area (Å²) in [7, 11) is 1.65. The normalized spacial score (nSPS) is 10.8. The molecular formula is C20H21NO3. The Bertz CT molecular complexity index is 862. The standard InChI is InChI=1S/C20H21NO3/c1-4-24-20(22)19-12-16-11-14(2)5-10-18(16)21(19)13-15-6-8-17(23-3)9-7-15/h5-12H,4,13H2,1-3H3. The molecule has 1 heterocycles. The van der Waals surface area contributed by atoms with Crippen LogP contribution in [0.25, 0.3) is 10.9 Å². The molecule has 3 aromatic rings. The number of esters is 1. The molecule has 0 amide bonds. The third-order valence-corrected chi connectivity index (χ3v) is 4.04. The van der Waals surface area contributed by atoms with Gasteiger partial charge < -0.3 is 14.0 Å². The maximum absolute atomic E-state index is 12.3. The fraction of sp³-hybridized carbons (Fsp3) is 0.250. The van der Waals surface area contributed by atoms with Crippen molar-refractivity contribution < 1.29 is 14.3 Å². The molecule has 0 aliphatic carbocycles. The SMILES string of the molecule is CCOC(=O)c1cc2cc(C)ccc2n1Cc1ccc(OC)cc1. The second-order valence-electron chi connectivity index (χ2n) is 5.75. The molecule has 124 valence electrons. The number of nitrogens with zero attached hydrogens (tertiary/aromatic N) is 1. The third-order valence-electron chi connectivity index (χ3n) is 4.04. The van der Waals surface area contributed by atoms with Crippen LogP contribution in [0.4, 0.5) is 0 Å². The highest BCUT2D eigenvalue weighted by Crippen LogP contribution is 2.24. The first-order chi connectivity index (χ1) is 11.6. The van der Waals surface area contributed by atoms with E-state index in [1.807, 2.05) is 48.7 Å². The van der Waals surface area contributed by atoms with E-state index in [-0.39, 0.29) is 5.97 Å². The molecule has 0 atom stereocenters. The quantitative estimate of drug-likeness (QED) is 0.661. The van der Waals surface area contributed by atoms with E-state index in [0.717, 1.165) is 22.2 Å². The van der Waals surface area contributed by atoms with Crippen molar-refractivity contribution in [3.8, 4) is 5.75 Å². The van der Waals surface area contributed by atoms with E-state index < -0.39 is 0 Å². The lowest BCUT2D eigenvalue weighted by Crippen LogP contribution is -2.12. The maximum atomic E-state index is 12.3. The van der Waals surface area contributed by atoms with Gasteiger partial charge in [-0.3, -0.25) is 0 Å². The van der Waals surface area contributed by atoms with Crippen LogP contribution >= 0.6 is 0 Å². The summed E-state index contributed by atoms with van der Waals surface area (Å²) < 4.78 is 12.4. The van der Waals surface area contributed by atoms with E-state index in [1.165, 1.54) is 5.56 Å². The van der Waals surface area contributed by atoms with Gasteiger partial charge in [-0.05, 0) is 49.7 Å². The number of aryl methyl sites for hydroxylation is 1. The molecular weight excluding hydrogens is 302 g/mol. The minimum atomic E-state index is -0.292. The Hall–Kier alpha value is -2.75. The predicted octanol–water partition coefficient (Wildman–Crippen LogP) is 4.18. The minimum absolute atomic E-state index is 0.292. The van der Waals surface area contributed by atoms with Crippen molar-refractivity contribution in [1.82, 2.24) is 4.57 Å². The van der Waals surface area contributed by atoms with Crippen molar-refractivity contribution >= 4 is 16.9 Å².